The summed E-state index contributed by atoms with van der Waals surface area (Å²) in [6, 6.07) is 7.43. The van der Waals surface area contributed by atoms with Crippen LogP contribution in [-0.2, 0) is 14.7 Å². The Bertz CT molecular complexity index is 533. The molecule has 1 aromatic rings. The molecule has 5 heteroatoms. The van der Waals surface area contributed by atoms with Crippen molar-refractivity contribution in [3.05, 3.63) is 29.8 Å². The molecule has 0 aliphatic carbocycles. The summed E-state index contributed by atoms with van der Waals surface area (Å²) in [6.07, 6.45) is 1.83. The molecule has 17 heavy (non-hydrogen) atoms. The van der Waals surface area contributed by atoms with Crippen molar-refractivity contribution in [2.45, 2.75) is 22.6 Å². The van der Waals surface area contributed by atoms with Gasteiger partial charge in [-0.2, -0.15) is 0 Å². The maximum Gasteiger partial charge on any atom is 0.178 e. The first-order valence-corrected chi connectivity index (χ1v) is 8.49. The molecule has 3 nitrogen and oxygen atoms in total. The quantitative estimate of drug-likeness (QED) is 0.779. The van der Waals surface area contributed by atoms with Crippen LogP contribution < -0.4 is 5.32 Å². The van der Waals surface area contributed by atoms with Gasteiger partial charge in [-0.25, -0.2) is 8.42 Å². The third-order valence-corrected chi connectivity index (χ3v) is 6.78. The van der Waals surface area contributed by atoms with E-state index in [0.717, 1.165) is 24.3 Å². The Kier molecular flexibility index (Phi) is 2.72. The zero-order chi connectivity index (χ0) is 11.9. The molecule has 3 rings (SSSR count). The molecule has 1 N–H and O–H groups in total. The van der Waals surface area contributed by atoms with Crippen molar-refractivity contribution in [1.29, 1.82) is 0 Å². The van der Waals surface area contributed by atoms with Gasteiger partial charge >= 0.3 is 0 Å². The Morgan fingerprint density at radius 2 is 2.12 bits per heavy atom. The Morgan fingerprint density at radius 1 is 1.29 bits per heavy atom. The molecule has 2 heterocycles. The highest BCUT2D eigenvalue weighted by Gasteiger charge is 2.42. The van der Waals surface area contributed by atoms with Crippen LogP contribution in [0.4, 0.5) is 0 Å². The van der Waals surface area contributed by atoms with Gasteiger partial charge in [0.15, 0.2) is 9.84 Å². The van der Waals surface area contributed by atoms with Crippen molar-refractivity contribution >= 4 is 21.6 Å². The van der Waals surface area contributed by atoms with Gasteiger partial charge in [-0.3, -0.25) is 5.32 Å². The van der Waals surface area contributed by atoms with E-state index >= 15 is 0 Å². The number of rotatable bonds is 0. The van der Waals surface area contributed by atoms with E-state index in [-0.39, 0.29) is 10.6 Å². The van der Waals surface area contributed by atoms with Gasteiger partial charge < -0.3 is 0 Å². The van der Waals surface area contributed by atoms with E-state index in [9.17, 15) is 8.42 Å². The van der Waals surface area contributed by atoms with E-state index in [4.69, 9.17) is 0 Å². The zero-order valence-corrected chi connectivity index (χ0v) is 11.1. The van der Waals surface area contributed by atoms with Crippen molar-refractivity contribution in [2.24, 2.45) is 0 Å². The highest BCUT2D eigenvalue weighted by Crippen LogP contribution is 2.46. The lowest BCUT2D eigenvalue weighted by atomic mass is 10.0. The van der Waals surface area contributed by atoms with Crippen LogP contribution in [0.25, 0.3) is 0 Å². The lowest BCUT2D eigenvalue weighted by Gasteiger charge is -2.41. The van der Waals surface area contributed by atoms with Crippen molar-refractivity contribution in [1.82, 2.24) is 5.32 Å². The molecule has 0 amide bonds. The van der Waals surface area contributed by atoms with E-state index in [1.165, 1.54) is 0 Å². The van der Waals surface area contributed by atoms with E-state index in [1.807, 2.05) is 30.0 Å². The molecule has 92 valence electrons. The second-order valence-electron chi connectivity index (χ2n) is 4.52. The summed E-state index contributed by atoms with van der Waals surface area (Å²) < 4.78 is 24.1. The van der Waals surface area contributed by atoms with Crippen molar-refractivity contribution < 1.29 is 8.42 Å². The van der Waals surface area contributed by atoms with E-state index < -0.39 is 9.84 Å². The summed E-state index contributed by atoms with van der Waals surface area (Å²) in [6.45, 7) is 0.974. The molecular weight excluding hydrogens is 254 g/mol. The van der Waals surface area contributed by atoms with Crippen LogP contribution in [0.3, 0.4) is 0 Å². The lowest BCUT2D eigenvalue weighted by Crippen LogP contribution is -2.47. The van der Waals surface area contributed by atoms with E-state index in [2.05, 4.69) is 5.32 Å². The normalized spacial score (nSPS) is 31.1. The fourth-order valence-corrected chi connectivity index (χ4v) is 5.86. The minimum Gasteiger partial charge on any atom is -0.299 e. The molecule has 1 spiro atoms. The number of benzene rings is 1. The number of thioether (sulfide) groups is 1. The van der Waals surface area contributed by atoms with Gasteiger partial charge in [0, 0.05) is 5.56 Å². The number of hydrogen-bond donors (Lipinski definition) is 1. The van der Waals surface area contributed by atoms with Crippen LogP contribution in [0.1, 0.15) is 18.4 Å². The molecule has 1 atom stereocenters. The van der Waals surface area contributed by atoms with E-state index in [0.29, 0.717) is 11.3 Å². The number of sulfone groups is 1. The summed E-state index contributed by atoms with van der Waals surface area (Å²) in [4.78, 5) is 0.355. The Balaban J connectivity index is 2.17. The van der Waals surface area contributed by atoms with Crippen LogP contribution in [-0.4, -0.2) is 26.5 Å². The van der Waals surface area contributed by atoms with Crippen LogP contribution in [0.2, 0.25) is 0 Å². The predicted molar refractivity (Wildman–Crippen MR) is 69.9 cm³/mol. The maximum absolute atomic E-state index is 12.1. The van der Waals surface area contributed by atoms with Crippen LogP contribution in [0.5, 0.6) is 0 Å². The molecule has 0 bridgehead atoms. The number of hydrogen-bond acceptors (Lipinski definition) is 4. The van der Waals surface area contributed by atoms with Gasteiger partial charge in [-0.1, -0.05) is 18.2 Å². The van der Waals surface area contributed by atoms with Gasteiger partial charge in [-0.05, 0) is 31.2 Å². The SMILES string of the molecule is O=S1(=O)CCC2(NCCCS2)c2ccccc21. The number of nitrogens with one attached hydrogen (secondary N) is 1. The third-order valence-electron chi connectivity index (χ3n) is 3.46. The summed E-state index contributed by atoms with van der Waals surface area (Å²) in [5, 5.41) is 3.53. The van der Waals surface area contributed by atoms with Gasteiger partial charge in [-0.15, -0.1) is 11.8 Å². The summed E-state index contributed by atoms with van der Waals surface area (Å²) in [5.41, 5.74) is 0.955. The monoisotopic (exact) mass is 269 g/mol. The van der Waals surface area contributed by atoms with Gasteiger partial charge in [0.2, 0.25) is 0 Å². The fraction of sp³-hybridized carbons (Fsp3) is 0.500. The standard InChI is InChI=1S/C12H15NO2S2/c14-17(15)9-6-12(13-7-3-8-16-12)10-4-1-2-5-11(10)17/h1-2,4-5,13H,3,6-9H2. The first kappa shape index (κ1) is 11.6. The largest absolute Gasteiger partial charge is 0.299 e. The molecule has 0 saturated carbocycles. The van der Waals surface area contributed by atoms with Gasteiger partial charge in [0.1, 0.15) is 0 Å². The Morgan fingerprint density at radius 3 is 2.88 bits per heavy atom. The highest BCUT2D eigenvalue weighted by atomic mass is 32.2. The third kappa shape index (κ3) is 1.80. The highest BCUT2D eigenvalue weighted by molar-refractivity contribution is 8.00. The van der Waals surface area contributed by atoms with Crippen molar-refractivity contribution in [2.75, 3.05) is 18.1 Å². The second kappa shape index (κ2) is 4.00. The molecule has 0 radical (unpaired) electrons. The smallest absolute Gasteiger partial charge is 0.178 e. The second-order valence-corrected chi connectivity index (χ2v) is 7.99. The molecule has 2 aliphatic rings. The first-order valence-electron chi connectivity index (χ1n) is 5.85. The minimum atomic E-state index is -3.07. The summed E-state index contributed by atoms with van der Waals surface area (Å²) >= 11 is 1.85. The molecule has 1 aromatic carbocycles. The molecule has 1 fully saturated rings. The topological polar surface area (TPSA) is 46.2 Å². The van der Waals surface area contributed by atoms with Gasteiger partial charge in [0.25, 0.3) is 0 Å². The van der Waals surface area contributed by atoms with Crippen LogP contribution >= 0.6 is 11.8 Å². The number of fused-ring (bicyclic) bond motifs is 2. The molecular formula is C12H15NO2S2. The van der Waals surface area contributed by atoms with E-state index in [1.54, 1.807) is 6.07 Å². The average molecular weight is 269 g/mol. The fourth-order valence-electron chi connectivity index (χ4n) is 2.59. The maximum atomic E-state index is 12.1. The molecule has 1 saturated heterocycles. The van der Waals surface area contributed by atoms with Gasteiger partial charge in [0.05, 0.1) is 15.5 Å². The Labute approximate surface area is 106 Å². The first-order chi connectivity index (χ1) is 8.14. The average Bonchev–Trinajstić information content (AvgIpc) is 2.37. The minimum absolute atomic E-state index is 0.167. The lowest BCUT2D eigenvalue weighted by molar-refractivity contribution is 0.436. The van der Waals surface area contributed by atoms with Crippen LogP contribution in [0, 0.1) is 0 Å². The molecule has 2 aliphatic heterocycles. The molecule has 1 unspecified atom stereocenters. The Hall–Kier alpha value is -0.520. The van der Waals surface area contributed by atoms with Crippen LogP contribution in [0.15, 0.2) is 29.2 Å². The predicted octanol–water partition coefficient (Wildman–Crippen LogP) is 1.74. The summed E-state index contributed by atoms with van der Waals surface area (Å²) in [5.74, 6) is 1.35. The summed E-state index contributed by atoms with van der Waals surface area (Å²) in [7, 11) is -3.07. The molecule has 0 aromatic heterocycles. The van der Waals surface area contributed by atoms with Crippen molar-refractivity contribution in [3.63, 3.8) is 0 Å². The van der Waals surface area contributed by atoms with Crippen molar-refractivity contribution in [3.8, 4) is 0 Å². The zero-order valence-electron chi connectivity index (χ0n) is 9.48.